The third-order valence-electron chi connectivity index (χ3n) is 1.66. The summed E-state index contributed by atoms with van der Waals surface area (Å²) < 4.78 is 1.60. The summed E-state index contributed by atoms with van der Waals surface area (Å²) in [5.74, 6) is 2.34. The summed E-state index contributed by atoms with van der Waals surface area (Å²) in [4.78, 5) is 15.0. The molecule has 0 aliphatic rings. The van der Waals surface area contributed by atoms with Gasteiger partial charge < -0.3 is 5.32 Å². The van der Waals surface area contributed by atoms with Crippen LogP contribution in [0.3, 0.4) is 0 Å². The van der Waals surface area contributed by atoms with Gasteiger partial charge in [0, 0.05) is 6.42 Å². The highest BCUT2D eigenvalue weighted by atomic mass is 16.1. The Morgan fingerprint density at radius 2 is 2.57 bits per heavy atom. The maximum absolute atomic E-state index is 11.2. The van der Waals surface area contributed by atoms with Crippen LogP contribution in [0.2, 0.25) is 0 Å². The van der Waals surface area contributed by atoms with Gasteiger partial charge in [-0.1, -0.05) is 5.92 Å². The molecule has 1 heterocycles. The summed E-state index contributed by atoms with van der Waals surface area (Å²) in [5.41, 5.74) is 0. The highest BCUT2D eigenvalue weighted by molar-refractivity contribution is 5.76. The van der Waals surface area contributed by atoms with Gasteiger partial charge in [0.2, 0.25) is 5.91 Å². The van der Waals surface area contributed by atoms with Crippen LogP contribution >= 0.6 is 0 Å². The lowest BCUT2D eigenvalue weighted by atomic mass is 10.3. The molecule has 0 spiro atoms. The number of hydrogen-bond donors (Lipinski definition) is 1. The van der Waals surface area contributed by atoms with Crippen LogP contribution in [0.4, 0.5) is 0 Å². The molecule has 0 aliphatic heterocycles. The van der Waals surface area contributed by atoms with E-state index in [2.05, 4.69) is 21.3 Å². The summed E-state index contributed by atoms with van der Waals surface area (Å²) in [6, 6.07) is -0.224. The van der Waals surface area contributed by atoms with E-state index in [0.29, 0.717) is 13.0 Å². The van der Waals surface area contributed by atoms with Gasteiger partial charge >= 0.3 is 0 Å². The smallest absolute Gasteiger partial charge is 0.222 e. The number of carbonyl (C=O) groups excluding carboxylic acids is 1. The van der Waals surface area contributed by atoms with Crippen molar-refractivity contribution in [3.8, 4) is 12.3 Å². The Morgan fingerprint density at radius 3 is 3.14 bits per heavy atom. The lowest BCUT2D eigenvalue weighted by molar-refractivity contribution is -0.121. The van der Waals surface area contributed by atoms with E-state index in [0.717, 1.165) is 0 Å². The number of terminal acetylenes is 1. The van der Waals surface area contributed by atoms with Gasteiger partial charge in [-0.05, 0) is 6.92 Å². The Hall–Kier alpha value is -1.83. The van der Waals surface area contributed by atoms with Crippen LogP contribution in [0.25, 0.3) is 0 Å². The van der Waals surface area contributed by atoms with Crippen molar-refractivity contribution < 1.29 is 4.79 Å². The van der Waals surface area contributed by atoms with Crippen molar-refractivity contribution in [1.82, 2.24) is 20.1 Å². The minimum Gasteiger partial charge on any atom is -0.343 e. The van der Waals surface area contributed by atoms with Crippen LogP contribution in [0.15, 0.2) is 12.7 Å². The molecule has 0 saturated heterocycles. The standard InChI is InChI=1S/C9H12N4O/c1-3-8(2)12-9(14)4-5-13-7-10-6-11-13/h1,6-8H,4-5H2,2H3,(H,12,14). The van der Waals surface area contributed by atoms with Gasteiger partial charge in [0.15, 0.2) is 0 Å². The lowest BCUT2D eigenvalue weighted by Gasteiger charge is -2.06. The number of hydrogen-bond acceptors (Lipinski definition) is 3. The van der Waals surface area contributed by atoms with Crippen molar-refractivity contribution in [3.05, 3.63) is 12.7 Å². The van der Waals surface area contributed by atoms with Crippen LogP contribution in [-0.4, -0.2) is 26.7 Å². The average molecular weight is 192 g/mol. The molecule has 1 unspecified atom stereocenters. The fraction of sp³-hybridized carbons (Fsp3) is 0.444. The van der Waals surface area contributed by atoms with Gasteiger partial charge in [0.05, 0.1) is 12.6 Å². The highest BCUT2D eigenvalue weighted by Crippen LogP contribution is 1.88. The molecular weight excluding hydrogens is 180 g/mol. The summed E-state index contributed by atoms with van der Waals surface area (Å²) in [6.07, 6.45) is 8.48. The predicted octanol–water partition coefficient (Wildman–Crippen LogP) is -0.194. The van der Waals surface area contributed by atoms with Gasteiger partial charge in [0.25, 0.3) is 0 Å². The summed E-state index contributed by atoms with van der Waals surface area (Å²) in [7, 11) is 0. The van der Waals surface area contributed by atoms with Crippen LogP contribution in [0.5, 0.6) is 0 Å². The quantitative estimate of drug-likeness (QED) is 0.672. The molecule has 1 atom stereocenters. The SMILES string of the molecule is C#CC(C)NC(=O)CCn1cncn1. The maximum atomic E-state index is 11.2. The molecule has 0 aliphatic carbocycles. The Balaban J connectivity index is 2.26. The molecule has 0 aromatic carbocycles. The van der Waals surface area contributed by atoms with Crippen molar-refractivity contribution in [2.75, 3.05) is 0 Å². The van der Waals surface area contributed by atoms with Gasteiger partial charge in [-0.2, -0.15) is 5.10 Å². The molecule has 1 amide bonds. The third kappa shape index (κ3) is 3.27. The average Bonchev–Trinajstić information content (AvgIpc) is 2.67. The predicted molar refractivity (Wildman–Crippen MR) is 51.1 cm³/mol. The molecule has 1 rings (SSSR count). The number of nitrogens with zero attached hydrogens (tertiary/aromatic N) is 3. The van der Waals surface area contributed by atoms with Gasteiger partial charge in [-0.3, -0.25) is 9.48 Å². The second-order valence-corrected chi connectivity index (χ2v) is 2.86. The van der Waals surface area contributed by atoms with Crippen LogP contribution in [0, 0.1) is 12.3 Å². The minimum atomic E-state index is -0.224. The zero-order valence-corrected chi connectivity index (χ0v) is 7.97. The van der Waals surface area contributed by atoms with Crippen molar-refractivity contribution in [1.29, 1.82) is 0 Å². The highest BCUT2D eigenvalue weighted by Gasteiger charge is 2.04. The first-order chi connectivity index (χ1) is 6.72. The van der Waals surface area contributed by atoms with E-state index in [1.807, 2.05) is 0 Å². The van der Waals surface area contributed by atoms with Crippen molar-refractivity contribution in [2.45, 2.75) is 25.9 Å². The molecule has 1 N–H and O–H groups in total. The van der Waals surface area contributed by atoms with E-state index in [9.17, 15) is 4.79 Å². The zero-order chi connectivity index (χ0) is 10.4. The Labute approximate surface area is 82.5 Å². The van der Waals surface area contributed by atoms with Crippen molar-refractivity contribution >= 4 is 5.91 Å². The molecule has 1 aromatic heterocycles. The van der Waals surface area contributed by atoms with Crippen LogP contribution in [-0.2, 0) is 11.3 Å². The van der Waals surface area contributed by atoms with Gasteiger partial charge in [-0.25, -0.2) is 4.98 Å². The molecule has 0 fully saturated rings. The number of nitrogens with one attached hydrogen (secondary N) is 1. The number of amides is 1. The van der Waals surface area contributed by atoms with E-state index < -0.39 is 0 Å². The Bertz CT molecular complexity index is 325. The van der Waals surface area contributed by atoms with E-state index in [4.69, 9.17) is 6.42 Å². The summed E-state index contributed by atoms with van der Waals surface area (Å²) in [6.45, 7) is 2.27. The molecule has 0 radical (unpaired) electrons. The minimum absolute atomic E-state index is 0.0778. The molecule has 1 aromatic rings. The number of rotatable bonds is 4. The molecule has 74 valence electrons. The number of aryl methyl sites for hydroxylation is 1. The molecule has 5 heteroatoms. The van der Waals surface area contributed by atoms with E-state index in [-0.39, 0.29) is 11.9 Å². The Morgan fingerprint density at radius 1 is 1.79 bits per heavy atom. The zero-order valence-electron chi connectivity index (χ0n) is 7.97. The fourth-order valence-corrected chi connectivity index (χ4v) is 0.920. The topological polar surface area (TPSA) is 59.8 Å². The van der Waals surface area contributed by atoms with Gasteiger partial charge in [-0.15, -0.1) is 6.42 Å². The molecule has 0 saturated carbocycles. The van der Waals surface area contributed by atoms with E-state index in [1.165, 1.54) is 6.33 Å². The third-order valence-corrected chi connectivity index (χ3v) is 1.66. The summed E-state index contributed by atoms with van der Waals surface area (Å²) in [5, 5.41) is 6.53. The van der Waals surface area contributed by atoms with Crippen molar-refractivity contribution in [2.24, 2.45) is 0 Å². The largest absolute Gasteiger partial charge is 0.343 e. The second kappa shape index (κ2) is 5.02. The first kappa shape index (κ1) is 10.3. The fourth-order valence-electron chi connectivity index (χ4n) is 0.920. The van der Waals surface area contributed by atoms with Crippen LogP contribution < -0.4 is 5.32 Å². The lowest BCUT2D eigenvalue weighted by Crippen LogP contribution is -2.31. The van der Waals surface area contributed by atoms with E-state index in [1.54, 1.807) is 17.9 Å². The molecule has 5 nitrogen and oxygen atoms in total. The second-order valence-electron chi connectivity index (χ2n) is 2.86. The number of aromatic nitrogens is 3. The normalized spacial score (nSPS) is 11.7. The first-order valence-corrected chi connectivity index (χ1v) is 4.30. The van der Waals surface area contributed by atoms with E-state index >= 15 is 0 Å². The Kier molecular flexibility index (Phi) is 3.68. The van der Waals surface area contributed by atoms with Crippen molar-refractivity contribution in [3.63, 3.8) is 0 Å². The molecule has 14 heavy (non-hydrogen) atoms. The monoisotopic (exact) mass is 192 g/mol. The first-order valence-electron chi connectivity index (χ1n) is 4.30. The number of carbonyl (C=O) groups is 1. The maximum Gasteiger partial charge on any atom is 0.222 e. The summed E-state index contributed by atoms with van der Waals surface area (Å²) >= 11 is 0. The molecule has 0 bridgehead atoms. The van der Waals surface area contributed by atoms with Gasteiger partial charge in [0.1, 0.15) is 12.7 Å². The molecular formula is C9H12N4O. The van der Waals surface area contributed by atoms with Crippen LogP contribution in [0.1, 0.15) is 13.3 Å².